The molecule has 0 radical (unpaired) electrons. The molecule has 1 heterocycles. The van der Waals surface area contributed by atoms with E-state index in [-0.39, 0.29) is 6.10 Å². The molecular weight excluding hydrogens is 274 g/mol. The highest BCUT2D eigenvalue weighted by atomic mass is 32.2. The van der Waals surface area contributed by atoms with Gasteiger partial charge in [0.05, 0.1) is 10.6 Å². The highest BCUT2D eigenvalue weighted by Gasteiger charge is 2.34. The van der Waals surface area contributed by atoms with E-state index in [1.165, 1.54) is 4.31 Å². The van der Waals surface area contributed by atoms with Gasteiger partial charge in [0, 0.05) is 25.3 Å². The molecule has 1 unspecified atom stereocenters. The fraction of sp³-hybridized carbons (Fsp3) is 0.200. The van der Waals surface area contributed by atoms with Crippen LogP contribution < -0.4 is 4.31 Å². The molecular formula is C15H15NO3S. The average molecular weight is 289 g/mol. The topological polar surface area (TPSA) is 46.6 Å². The lowest BCUT2D eigenvalue weighted by Crippen LogP contribution is -2.26. The van der Waals surface area contributed by atoms with Crippen molar-refractivity contribution in [2.24, 2.45) is 0 Å². The molecule has 104 valence electrons. The fourth-order valence-electron chi connectivity index (χ4n) is 2.63. The van der Waals surface area contributed by atoms with Gasteiger partial charge in [-0.1, -0.05) is 36.4 Å². The zero-order valence-electron chi connectivity index (χ0n) is 11.3. The monoisotopic (exact) mass is 289 g/mol. The van der Waals surface area contributed by atoms with Crippen molar-refractivity contribution in [3.63, 3.8) is 0 Å². The average Bonchev–Trinajstić information content (AvgIpc) is 2.54. The van der Waals surface area contributed by atoms with Gasteiger partial charge in [-0.15, -0.1) is 0 Å². The van der Waals surface area contributed by atoms with Gasteiger partial charge in [0.1, 0.15) is 6.10 Å². The first-order valence-corrected chi connectivity index (χ1v) is 7.71. The quantitative estimate of drug-likeness (QED) is 0.810. The van der Waals surface area contributed by atoms with Crippen molar-refractivity contribution in [3.05, 3.63) is 59.7 Å². The molecule has 4 nitrogen and oxygen atoms in total. The summed E-state index contributed by atoms with van der Waals surface area (Å²) in [5, 5.41) is 0. The van der Waals surface area contributed by atoms with Crippen LogP contribution in [0.3, 0.4) is 0 Å². The van der Waals surface area contributed by atoms with Crippen LogP contribution in [-0.4, -0.2) is 22.6 Å². The van der Waals surface area contributed by atoms with Crippen LogP contribution in [0.15, 0.2) is 53.4 Å². The summed E-state index contributed by atoms with van der Waals surface area (Å²) >= 11 is 0. The number of methoxy groups -OCH3 is 1. The molecule has 0 spiro atoms. The smallest absolute Gasteiger partial charge is 0.264 e. The Labute approximate surface area is 118 Å². The second-order valence-electron chi connectivity index (χ2n) is 4.68. The Morgan fingerprint density at radius 3 is 2.30 bits per heavy atom. The molecule has 0 fully saturated rings. The van der Waals surface area contributed by atoms with Gasteiger partial charge < -0.3 is 4.74 Å². The Balaban J connectivity index is 2.41. The van der Waals surface area contributed by atoms with Crippen molar-refractivity contribution in [2.45, 2.75) is 11.0 Å². The Bertz CT molecular complexity index is 755. The van der Waals surface area contributed by atoms with Crippen LogP contribution in [-0.2, 0) is 14.8 Å². The molecule has 0 aromatic heterocycles. The molecule has 1 aliphatic heterocycles. The third-order valence-corrected chi connectivity index (χ3v) is 5.48. The summed E-state index contributed by atoms with van der Waals surface area (Å²) in [5.74, 6) is 0. The van der Waals surface area contributed by atoms with Crippen molar-refractivity contribution < 1.29 is 13.2 Å². The highest BCUT2D eigenvalue weighted by molar-refractivity contribution is 7.92. The zero-order chi connectivity index (χ0) is 14.3. The van der Waals surface area contributed by atoms with Crippen LogP contribution in [0.1, 0.15) is 17.2 Å². The van der Waals surface area contributed by atoms with Crippen LogP contribution in [0.5, 0.6) is 0 Å². The molecule has 0 N–H and O–H groups in total. The molecule has 0 amide bonds. The van der Waals surface area contributed by atoms with E-state index < -0.39 is 10.0 Å². The lowest BCUT2D eigenvalue weighted by molar-refractivity contribution is 0.135. The minimum Gasteiger partial charge on any atom is -0.372 e. The van der Waals surface area contributed by atoms with Crippen molar-refractivity contribution in [3.8, 4) is 0 Å². The first-order valence-electron chi connectivity index (χ1n) is 6.27. The number of nitrogens with zero attached hydrogens (tertiary/aromatic N) is 1. The van der Waals surface area contributed by atoms with Crippen LogP contribution in [0.4, 0.5) is 5.69 Å². The third-order valence-electron chi connectivity index (χ3n) is 3.63. The maximum Gasteiger partial charge on any atom is 0.264 e. The van der Waals surface area contributed by atoms with Crippen molar-refractivity contribution >= 4 is 15.7 Å². The van der Waals surface area contributed by atoms with Crippen molar-refractivity contribution in [1.29, 1.82) is 0 Å². The van der Waals surface area contributed by atoms with Crippen LogP contribution in [0.25, 0.3) is 0 Å². The molecule has 1 atom stereocenters. The van der Waals surface area contributed by atoms with Gasteiger partial charge in [0.15, 0.2) is 0 Å². The van der Waals surface area contributed by atoms with Crippen molar-refractivity contribution in [1.82, 2.24) is 0 Å². The highest BCUT2D eigenvalue weighted by Crippen LogP contribution is 2.41. The Kier molecular flexibility index (Phi) is 3.03. The van der Waals surface area contributed by atoms with Crippen LogP contribution in [0.2, 0.25) is 0 Å². The number of rotatable bonds is 1. The molecule has 2 aromatic carbocycles. The predicted molar refractivity (Wildman–Crippen MR) is 77.3 cm³/mol. The van der Waals surface area contributed by atoms with E-state index in [0.29, 0.717) is 16.1 Å². The predicted octanol–water partition coefficient (Wildman–Crippen LogP) is 2.56. The summed E-state index contributed by atoms with van der Waals surface area (Å²) in [5.41, 5.74) is 2.17. The number of para-hydroxylation sites is 1. The molecule has 20 heavy (non-hydrogen) atoms. The summed E-state index contributed by atoms with van der Waals surface area (Å²) in [4.78, 5) is 0.297. The fourth-order valence-corrected chi connectivity index (χ4v) is 4.07. The number of hydrogen-bond donors (Lipinski definition) is 0. The largest absolute Gasteiger partial charge is 0.372 e. The van der Waals surface area contributed by atoms with E-state index in [0.717, 1.165) is 5.56 Å². The summed E-state index contributed by atoms with van der Waals surface area (Å²) in [6.45, 7) is 0. The minimum absolute atomic E-state index is 0.297. The lowest BCUT2D eigenvalue weighted by atomic mass is 9.99. The number of ether oxygens (including phenoxy) is 1. The van der Waals surface area contributed by atoms with Gasteiger partial charge in [-0.3, -0.25) is 4.31 Å². The number of anilines is 1. The standard InChI is InChI=1S/C15H15NO3S/c1-16-13-9-5-3-7-11(13)15(19-2)12-8-4-6-10-14(12)20(16,17)18/h3-10,15H,1-2H3. The Hall–Kier alpha value is -1.85. The molecule has 1 aliphatic rings. The minimum atomic E-state index is -3.56. The van der Waals surface area contributed by atoms with Gasteiger partial charge >= 0.3 is 0 Å². The van der Waals surface area contributed by atoms with Crippen molar-refractivity contribution in [2.75, 3.05) is 18.5 Å². The Morgan fingerprint density at radius 2 is 1.60 bits per heavy atom. The van der Waals surface area contributed by atoms with E-state index in [1.54, 1.807) is 38.4 Å². The molecule has 0 saturated carbocycles. The third kappa shape index (κ3) is 1.74. The maximum atomic E-state index is 12.7. The molecule has 0 aliphatic carbocycles. The maximum absolute atomic E-state index is 12.7. The van der Waals surface area contributed by atoms with E-state index >= 15 is 0 Å². The SMILES string of the molecule is COC1c2ccccc2N(C)S(=O)(=O)c2ccccc21. The second-order valence-corrected chi connectivity index (χ2v) is 6.62. The van der Waals surface area contributed by atoms with Gasteiger partial charge in [-0.25, -0.2) is 8.42 Å². The summed E-state index contributed by atoms with van der Waals surface area (Å²) in [6, 6.07) is 14.4. The summed E-state index contributed by atoms with van der Waals surface area (Å²) < 4.78 is 32.3. The van der Waals surface area contributed by atoms with Gasteiger partial charge in [0.25, 0.3) is 10.0 Å². The molecule has 0 bridgehead atoms. The first-order chi connectivity index (χ1) is 9.57. The molecule has 3 rings (SSSR count). The van der Waals surface area contributed by atoms with E-state index in [9.17, 15) is 8.42 Å². The van der Waals surface area contributed by atoms with E-state index in [4.69, 9.17) is 4.74 Å². The van der Waals surface area contributed by atoms with Crippen LogP contribution >= 0.6 is 0 Å². The second kappa shape index (κ2) is 4.61. The summed E-state index contributed by atoms with van der Waals surface area (Å²) in [6.07, 6.45) is -0.387. The number of hydrogen-bond acceptors (Lipinski definition) is 3. The molecule has 5 heteroatoms. The van der Waals surface area contributed by atoms with Crippen LogP contribution in [0, 0.1) is 0 Å². The molecule has 2 aromatic rings. The van der Waals surface area contributed by atoms with E-state index in [2.05, 4.69) is 0 Å². The van der Waals surface area contributed by atoms with Gasteiger partial charge in [-0.05, 0) is 12.1 Å². The Morgan fingerprint density at radius 1 is 1.00 bits per heavy atom. The first kappa shape index (κ1) is 13.1. The number of sulfonamides is 1. The molecule has 0 saturated heterocycles. The van der Waals surface area contributed by atoms with Gasteiger partial charge in [-0.2, -0.15) is 0 Å². The number of benzene rings is 2. The van der Waals surface area contributed by atoms with E-state index in [1.807, 2.05) is 24.3 Å². The summed E-state index contributed by atoms with van der Waals surface area (Å²) in [7, 11) is -0.394. The number of fused-ring (bicyclic) bond motifs is 2. The normalized spacial score (nSPS) is 19.9. The van der Waals surface area contributed by atoms with Gasteiger partial charge in [0.2, 0.25) is 0 Å². The lowest BCUT2D eigenvalue weighted by Gasteiger charge is -2.20. The zero-order valence-corrected chi connectivity index (χ0v) is 12.1.